The Bertz CT molecular complexity index is 206. The van der Waals surface area contributed by atoms with Crippen LogP contribution in [0.3, 0.4) is 0 Å². The van der Waals surface area contributed by atoms with Gasteiger partial charge >= 0.3 is 5.97 Å². The van der Waals surface area contributed by atoms with Crippen molar-refractivity contribution in [3.63, 3.8) is 0 Å². The number of rotatable bonds is 10. The van der Waals surface area contributed by atoms with Gasteiger partial charge in [-0.15, -0.1) is 0 Å². The number of amides is 1. The second-order valence-electron chi connectivity index (χ2n) is 3.50. The van der Waals surface area contributed by atoms with Crippen LogP contribution < -0.4 is 5.32 Å². The Morgan fingerprint density at radius 1 is 1.19 bits per heavy atom. The molecule has 0 atom stereocenters. The smallest absolute Gasteiger partial charge is 0.303 e. The molecule has 0 aliphatic carbocycles. The number of ether oxygens (including phenoxy) is 1. The van der Waals surface area contributed by atoms with Crippen molar-refractivity contribution in [2.75, 3.05) is 19.8 Å². The van der Waals surface area contributed by atoms with Crippen LogP contribution in [0.5, 0.6) is 0 Å². The molecule has 0 spiro atoms. The van der Waals surface area contributed by atoms with E-state index in [1.54, 1.807) is 0 Å². The fraction of sp³-hybridized carbons (Fsp3) is 0.818. The Morgan fingerprint density at radius 3 is 2.56 bits per heavy atom. The molecule has 0 radical (unpaired) electrons. The number of unbranched alkanes of at least 4 members (excludes halogenated alkanes) is 2. The van der Waals surface area contributed by atoms with Gasteiger partial charge in [-0.05, 0) is 19.8 Å². The van der Waals surface area contributed by atoms with Gasteiger partial charge in [-0.25, -0.2) is 0 Å². The lowest BCUT2D eigenvalue weighted by atomic mass is 10.2. The maximum absolute atomic E-state index is 11.2. The second-order valence-corrected chi connectivity index (χ2v) is 3.50. The maximum atomic E-state index is 11.2. The standard InChI is InChI=1S/C11H21NO4/c1-2-16-9-7-10(13)12-8-5-3-4-6-11(14)15/h2-9H2,1H3,(H,12,13)(H,14,15). The third-order valence-electron chi connectivity index (χ3n) is 2.07. The van der Waals surface area contributed by atoms with Gasteiger partial charge in [0.15, 0.2) is 0 Å². The number of aliphatic carboxylic acids is 1. The van der Waals surface area contributed by atoms with Gasteiger partial charge in [-0.1, -0.05) is 6.42 Å². The van der Waals surface area contributed by atoms with Crippen molar-refractivity contribution in [2.24, 2.45) is 0 Å². The summed E-state index contributed by atoms with van der Waals surface area (Å²) in [6.07, 6.45) is 2.93. The molecule has 16 heavy (non-hydrogen) atoms. The molecule has 1 amide bonds. The largest absolute Gasteiger partial charge is 0.481 e. The van der Waals surface area contributed by atoms with Crippen LogP contribution in [0.4, 0.5) is 0 Å². The third kappa shape index (κ3) is 11.0. The van der Waals surface area contributed by atoms with Crippen molar-refractivity contribution in [3.8, 4) is 0 Å². The summed E-state index contributed by atoms with van der Waals surface area (Å²) in [6, 6.07) is 0. The van der Waals surface area contributed by atoms with E-state index in [1.165, 1.54) is 0 Å². The molecule has 2 N–H and O–H groups in total. The van der Waals surface area contributed by atoms with Crippen molar-refractivity contribution < 1.29 is 19.4 Å². The van der Waals surface area contributed by atoms with Gasteiger partial charge in [0, 0.05) is 26.0 Å². The summed E-state index contributed by atoms with van der Waals surface area (Å²) in [5.41, 5.74) is 0. The van der Waals surface area contributed by atoms with Crippen LogP contribution in [0.2, 0.25) is 0 Å². The van der Waals surface area contributed by atoms with E-state index in [0.29, 0.717) is 32.6 Å². The van der Waals surface area contributed by atoms with Crippen LogP contribution in [-0.4, -0.2) is 36.7 Å². The minimum atomic E-state index is -0.763. The maximum Gasteiger partial charge on any atom is 0.303 e. The van der Waals surface area contributed by atoms with Gasteiger partial charge in [0.25, 0.3) is 0 Å². The lowest BCUT2D eigenvalue weighted by molar-refractivity contribution is -0.137. The topological polar surface area (TPSA) is 75.6 Å². The van der Waals surface area contributed by atoms with Crippen molar-refractivity contribution in [3.05, 3.63) is 0 Å². The SMILES string of the molecule is CCOCCC(=O)NCCCCCC(=O)O. The number of carbonyl (C=O) groups excluding carboxylic acids is 1. The molecule has 5 nitrogen and oxygen atoms in total. The zero-order valence-corrected chi connectivity index (χ0v) is 9.83. The molecule has 0 aliphatic rings. The van der Waals surface area contributed by atoms with Crippen LogP contribution in [-0.2, 0) is 14.3 Å². The van der Waals surface area contributed by atoms with Crippen molar-refractivity contribution in [2.45, 2.75) is 39.0 Å². The fourth-order valence-corrected chi connectivity index (χ4v) is 1.20. The molecule has 0 fully saturated rings. The summed E-state index contributed by atoms with van der Waals surface area (Å²) in [5.74, 6) is -0.771. The van der Waals surface area contributed by atoms with Crippen molar-refractivity contribution >= 4 is 11.9 Å². The first-order valence-corrected chi connectivity index (χ1v) is 5.73. The first-order chi connectivity index (χ1) is 7.66. The van der Waals surface area contributed by atoms with E-state index in [-0.39, 0.29) is 12.3 Å². The van der Waals surface area contributed by atoms with Crippen LogP contribution in [0.15, 0.2) is 0 Å². The molecule has 0 aliphatic heterocycles. The van der Waals surface area contributed by atoms with Crippen LogP contribution in [0, 0.1) is 0 Å². The number of hydrogen-bond acceptors (Lipinski definition) is 3. The molecule has 0 aromatic carbocycles. The summed E-state index contributed by atoms with van der Waals surface area (Å²) in [7, 11) is 0. The van der Waals surface area contributed by atoms with E-state index >= 15 is 0 Å². The monoisotopic (exact) mass is 231 g/mol. The van der Waals surface area contributed by atoms with E-state index in [9.17, 15) is 9.59 Å². The average Bonchev–Trinajstić information content (AvgIpc) is 2.23. The highest BCUT2D eigenvalue weighted by atomic mass is 16.5. The Kier molecular flexibility index (Phi) is 9.70. The molecule has 5 heteroatoms. The van der Waals surface area contributed by atoms with Gasteiger partial charge in [0.2, 0.25) is 5.91 Å². The molecular weight excluding hydrogens is 210 g/mol. The molecule has 0 rings (SSSR count). The van der Waals surface area contributed by atoms with E-state index in [0.717, 1.165) is 12.8 Å². The van der Waals surface area contributed by atoms with E-state index in [1.807, 2.05) is 6.92 Å². The lowest BCUT2D eigenvalue weighted by Crippen LogP contribution is -2.25. The molecular formula is C11H21NO4. The minimum absolute atomic E-state index is 0.00770. The average molecular weight is 231 g/mol. The number of nitrogens with one attached hydrogen (secondary N) is 1. The zero-order valence-electron chi connectivity index (χ0n) is 9.83. The predicted molar refractivity (Wildman–Crippen MR) is 60.2 cm³/mol. The molecule has 0 bridgehead atoms. The first-order valence-electron chi connectivity index (χ1n) is 5.73. The number of carbonyl (C=O) groups is 2. The van der Waals surface area contributed by atoms with Gasteiger partial charge in [0.05, 0.1) is 6.61 Å². The van der Waals surface area contributed by atoms with Gasteiger partial charge < -0.3 is 15.2 Å². The zero-order chi connectivity index (χ0) is 12.2. The second kappa shape index (κ2) is 10.4. The summed E-state index contributed by atoms with van der Waals surface area (Å²) in [5, 5.41) is 11.2. The number of carboxylic acids is 1. The normalized spacial score (nSPS) is 10.1. The molecule has 0 unspecified atom stereocenters. The van der Waals surface area contributed by atoms with Crippen molar-refractivity contribution in [1.29, 1.82) is 0 Å². The summed E-state index contributed by atoms with van der Waals surface area (Å²) < 4.78 is 5.05. The highest BCUT2D eigenvalue weighted by Crippen LogP contribution is 1.98. The van der Waals surface area contributed by atoms with Crippen molar-refractivity contribution in [1.82, 2.24) is 5.32 Å². The Labute approximate surface area is 96.2 Å². The molecule has 0 saturated carbocycles. The molecule has 0 saturated heterocycles. The molecule has 0 aromatic rings. The molecule has 94 valence electrons. The summed E-state index contributed by atoms with van der Waals surface area (Å²) in [4.78, 5) is 21.4. The van der Waals surface area contributed by atoms with Gasteiger partial charge in [-0.2, -0.15) is 0 Å². The van der Waals surface area contributed by atoms with Crippen LogP contribution >= 0.6 is 0 Å². The van der Waals surface area contributed by atoms with E-state index in [4.69, 9.17) is 9.84 Å². The van der Waals surface area contributed by atoms with Crippen LogP contribution in [0.25, 0.3) is 0 Å². The number of hydrogen-bond donors (Lipinski definition) is 2. The van der Waals surface area contributed by atoms with Crippen LogP contribution in [0.1, 0.15) is 39.0 Å². The Morgan fingerprint density at radius 2 is 1.94 bits per heavy atom. The summed E-state index contributed by atoms with van der Waals surface area (Å²) >= 11 is 0. The van der Waals surface area contributed by atoms with Gasteiger partial charge in [-0.3, -0.25) is 9.59 Å². The van der Waals surface area contributed by atoms with E-state index in [2.05, 4.69) is 5.32 Å². The minimum Gasteiger partial charge on any atom is -0.481 e. The Hall–Kier alpha value is -1.10. The highest BCUT2D eigenvalue weighted by Gasteiger charge is 2.00. The highest BCUT2D eigenvalue weighted by molar-refractivity contribution is 5.75. The van der Waals surface area contributed by atoms with E-state index < -0.39 is 5.97 Å². The molecule has 0 heterocycles. The lowest BCUT2D eigenvalue weighted by Gasteiger charge is -2.04. The fourth-order valence-electron chi connectivity index (χ4n) is 1.20. The molecule has 0 aromatic heterocycles. The van der Waals surface area contributed by atoms with Gasteiger partial charge in [0.1, 0.15) is 0 Å². The summed E-state index contributed by atoms with van der Waals surface area (Å²) in [6.45, 7) is 3.59. The number of carboxylic acid groups (broad SMARTS) is 1. The quantitative estimate of drug-likeness (QED) is 0.553. The Balaban J connectivity index is 3.18. The predicted octanol–water partition coefficient (Wildman–Crippen LogP) is 1.17. The first kappa shape index (κ1) is 14.9. The third-order valence-corrected chi connectivity index (χ3v) is 2.07.